The van der Waals surface area contributed by atoms with Gasteiger partial charge in [0, 0.05) is 12.8 Å². The molecule has 0 saturated carbocycles. The molecule has 0 aliphatic carbocycles. The molecule has 1 aromatic heterocycles. The van der Waals surface area contributed by atoms with E-state index in [1.54, 1.807) is 0 Å². The summed E-state index contributed by atoms with van der Waals surface area (Å²) in [6, 6.07) is 21.3. The summed E-state index contributed by atoms with van der Waals surface area (Å²) in [5.41, 5.74) is 2.78. The predicted octanol–water partition coefficient (Wildman–Crippen LogP) is 0.265. The molecule has 3 heteroatoms. The maximum absolute atomic E-state index is 2.26. The summed E-state index contributed by atoms with van der Waals surface area (Å²) in [7, 11) is 0. The minimum atomic E-state index is 0. The van der Waals surface area contributed by atoms with Crippen molar-refractivity contribution in [1.29, 1.82) is 0 Å². The number of hydrogen-bond donors (Lipinski definition) is 0. The van der Waals surface area contributed by atoms with Crippen LogP contribution < -0.4 is 21.5 Å². The van der Waals surface area contributed by atoms with Gasteiger partial charge in [-0.1, -0.05) is 60.7 Å². The van der Waals surface area contributed by atoms with Crippen molar-refractivity contribution in [3.8, 4) is 0 Å². The van der Waals surface area contributed by atoms with Crippen LogP contribution in [0.1, 0.15) is 11.1 Å². The first-order valence-electron chi connectivity index (χ1n) is 7.53. The minimum Gasteiger partial charge on any atom is -1.00 e. The molecule has 3 aromatic rings. The number of aryl methyl sites for hydroxylation is 4. The van der Waals surface area contributed by atoms with E-state index in [1.807, 2.05) is 0 Å². The highest BCUT2D eigenvalue weighted by atomic mass is 79.9. The second-order valence-corrected chi connectivity index (χ2v) is 5.36. The zero-order chi connectivity index (χ0) is 14.3. The third-order valence-electron chi connectivity index (χ3n) is 3.75. The van der Waals surface area contributed by atoms with Crippen LogP contribution >= 0.6 is 0 Å². The highest BCUT2D eigenvalue weighted by molar-refractivity contribution is 5.15. The zero-order valence-electron chi connectivity index (χ0n) is 12.6. The van der Waals surface area contributed by atoms with E-state index in [0.29, 0.717) is 0 Å². The molecule has 0 radical (unpaired) electrons. The van der Waals surface area contributed by atoms with Crippen molar-refractivity contribution in [3.05, 3.63) is 90.5 Å². The number of halogens is 1. The molecule has 2 aromatic carbocycles. The maximum atomic E-state index is 2.26. The number of hydrogen-bond acceptors (Lipinski definition) is 0. The largest absolute Gasteiger partial charge is 1.00 e. The second-order valence-electron chi connectivity index (χ2n) is 5.36. The van der Waals surface area contributed by atoms with E-state index in [9.17, 15) is 0 Å². The lowest BCUT2D eigenvalue weighted by molar-refractivity contribution is -0.696. The molecular formula is C19H21BrN2. The SMILES string of the molecule is [Br-].c1ccc(CCn2cc[n+](CCc3ccccc3)c2)cc1. The average molecular weight is 357 g/mol. The Hall–Kier alpha value is -1.87. The van der Waals surface area contributed by atoms with Crippen LogP contribution in [0.15, 0.2) is 79.4 Å². The second kappa shape index (κ2) is 8.54. The molecule has 1 heterocycles. The van der Waals surface area contributed by atoms with Crippen LogP contribution in [0.2, 0.25) is 0 Å². The van der Waals surface area contributed by atoms with Crippen LogP contribution in [-0.4, -0.2) is 4.57 Å². The molecule has 0 fully saturated rings. The molecule has 3 rings (SSSR count). The molecule has 0 bridgehead atoms. The van der Waals surface area contributed by atoms with Crippen LogP contribution in [0.5, 0.6) is 0 Å². The number of benzene rings is 2. The number of imidazole rings is 1. The van der Waals surface area contributed by atoms with Gasteiger partial charge in [-0.25, -0.2) is 9.13 Å². The van der Waals surface area contributed by atoms with Gasteiger partial charge in [0.25, 0.3) is 0 Å². The van der Waals surface area contributed by atoms with Gasteiger partial charge in [0.05, 0.1) is 13.1 Å². The standard InChI is InChI=1S/C19H21N2.BrH/c1-3-7-18(8-4-1)11-13-20-15-16-21(17-20)14-12-19-9-5-2-6-10-19;/h1-10,15-17H,11-14H2;1H/q+1;/p-1. The highest BCUT2D eigenvalue weighted by Crippen LogP contribution is 2.02. The average Bonchev–Trinajstić information content (AvgIpc) is 3.01. The van der Waals surface area contributed by atoms with Gasteiger partial charge < -0.3 is 17.0 Å². The Bertz CT molecular complexity index is 604. The van der Waals surface area contributed by atoms with E-state index in [0.717, 1.165) is 25.9 Å². The molecule has 22 heavy (non-hydrogen) atoms. The van der Waals surface area contributed by atoms with Crippen molar-refractivity contribution in [3.63, 3.8) is 0 Å². The third-order valence-corrected chi connectivity index (χ3v) is 3.75. The first-order chi connectivity index (χ1) is 10.4. The van der Waals surface area contributed by atoms with E-state index in [1.165, 1.54) is 11.1 Å². The van der Waals surface area contributed by atoms with E-state index < -0.39 is 0 Å². The van der Waals surface area contributed by atoms with E-state index >= 15 is 0 Å². The molecule has 0 unspecified atom stereocenters. The van der Waals surface area contributed by atoms with Gasteiger partial charge in [0.15, 0.2) is 0 Å². The summed E-state index contributed by atoms with van der Waals surface area (Å²) in [5.74, 6) is 0. The normalized spacial score (nSPS) is 10.2. The fraction of sp³-hybridized carbons (Fsp3) is 0.211. The molecular weight excluding hydrogens is 336 g/mol. The minimum absolute atomic E-state index is 0. The molecule has 0 spiro atoms. The zero-order valence-corrected chi connectivity index (χ0v) is 14.2. The molecule has 2 nitrogen and oxygen atoms in total. The van der Waals surface area contributed by atoms with Crippen LogP contribution in [0.4, 0.5) is 0 Å². The van der Waals surface area contributed by atoms with E-state index in [2.05, 4.69) is 88.5 Å². The van der Waals surface area contributed by atoms with Crippen LogP contribution in [0.3, 0.4) is 0 Å². The monoisotopic (exact) mass is 356 g/mol. The van der Waals surface area contributed by atoms with Crippen LogP contribution in [0, 0.1) is 0 Å². The maximum Gasteiger partial charge on any atom is 0.243 e. The Morgan fingerprint density at radius 1 is 0.773 bits per heavy atom. The van der Waals surface area contributed by atoms with Crippen molar-refractivity contribution in [1.82, 2.24) is 4.57 Å². The van der Waals surface area contributed by atoms with Crippen molar-refractivity contribution >= 4 is 0 Å². The van der Waals surface area contributed by atoms with Crippen LogP contribution in [-0.2, 0) is 25.9 Å². The molecule has 0 aliphatic heterocycles. The molecule has 0 aliphatic rings. The summed E-state index contributed by atoms with van der Waals surface area (Å²) >= 11 is 0. The fourth-order valence-corrected chi connectivity index (χ4v) is 2.51. The quantitative estimate of drug-likeness (QED) is 0.560. The summed E-state index contributed by atoms with van der Waals surface area (Å²) in [5, 5.41) is 0. The predicted molar refractivity (Wildman–Crippen MR) is 84.9 cm³/mol. The summed E-state index contributed by atoms with van der Waals surface area (Å²) in [6.07, 6.45) is 8.68. The summed E-state index contributed by atoms with van der Waals surface area (Å²) in [6.45, 7) is 2.06. The summed E-state index contributed by atoms with van der Waals surface area (Å²) < 4.78 is 4.52. The van der Waals surface area contributed by atoms with Gasteiger partial charge in [0.2, 0.25) is 6.33 Å². The molecule has 0 amide bonds. The molecule has 114 valence electrons. The van der Waals surface area contributed by atoms with Gasteiger partial charge in [-0.3, -0.25) is 0 Å². The van der Waals surface area contributed by atoms with Crippen molar-refractivity contribution in [2.75, 3.05) is 0 Å². The van der Waals surface area contributed by atoms with Gasteiger partial charge in [0.1, 0.15) is 12.4 Å². The Kier molecular flexibility index (Phi) is 6.41. The van der Waals surface area contributed by atoms with E-state index in [4.69, 9.17) is 0 Å². The van der Waals surface area contributed by atoms with E-state index in [-0.39, 0.29) is 17.0 Å². The van der Waals surface area contributed by atoms with Crippen molar-refractivity contribution in [2.24, 2.45) is 0 Å². The van der Waals surface area contributed by atoms with Crippen molar-refractivity contribution < 1.29 is 21.5 Å². The lowest BCUT2D eigenvalue weighted by Gasteiger charge is -1.99. The first kappa shape index (κ1) is 16.5. The fourth-order valence-electron chi connectivity index (χ4n) is 2.51. The van der Waals surface area contributed by atoms with Gasteiger partial charge in [-0.05, 0) is 11.1 Å². The smallest absolute Gasteiger partial charge is 0.243 e. The molecule has 0 atom stereocenters. The number of rotatable bonds is 6. The van der Waals surface area contributed by atoms with Crippen LogP contribution in [0.25, 0.3) is 0 Å². The lowest BCUT2D eigenvalue weighted by atomic mass is 10.1. The molecule has 0 saturated heterocycles. The Labute approximate surface area is 142 Å². The summed E-state index contributed by atoms with van der Waals surface area (Å²) in [4.78, 5) is 0. The van der Waals surface area contributed by atoms with Crippen molar-refractivity contribution in [2.45, 2.75) is 25.9 Å². The third kappa shape index (κ3) is 4.85. The number of nitrogens with zero attached hydrogens (tertiary/aromatic N) is 2. The Morgan fingerprint density at radius 2 is 1.36 bits per heavy atom. The highest BCUT2D eigenvalue weighted by Gasteiger charge is 2.04. The number of aromatic nitrogens is 2. The van der Waals surface area contributed by atoms with Gasteiger partial charge in [-0.15, -0.1) is 0 Å². The topological polar surface area (TPSA) is 8.81 Å². The first-order valence-corrected chi connectivity index (χ1v) is 7.53. The van der Waals surface area contributed by atoms with Gasteiger partial charge >= 0.3 is 0 Å². The Balaban J connectivity index is 0.00000176. The van der Waals surface area contributed by atoms with Gasteiger partial charge in [-0.2, -0.15) is 0 Å². The lowest BCUT2D eigenvalue weighted by Crippen LogP contribution is -3.00. The molecule has 0 N–H and O–H groups in total. The Morgan fingerprint density at radius 3 is 2.00 bits per heavy atom.